The Labute approximate surface area is 143 Å². The first-order chi connectivity index (χ1) is 11.2. The lowest BCUT2D eigenvalue weighted by Crippen LogP contribution is -2.47. The molecule has 7 nitrogen and oxygen atoms in total. The third kappa shape index (κ3) is 4.01. The number of hydrogen-bond donors (Lipinski definition) is 3. The molecule has 0 aromatic carbocycles. The van der Waals surface area contributed by atoms with Gasteiger partial charge in [0.1, 0.15) is 18.3 Å². The topological polar surface area (TPSA) is 87.4 Å². The zero-order chi connectivity index (χ0) is 16.2. The van der Waals surface area contributed by atoms with Crippen molar-refractivity contribution in [2.24, 2.45) is 4.99 Å². The molecule has 1 aliphatic heterocycles. The number of thiophene rings is 1. The highest BCUT2D eigenvalue weighted by Gasteiger charge is 2.21. The van der Waals surface area contributed by atoms with Crippen molar-refractivity contribution < 1.29 is 5.11 Å². The van der Waals surface area contributed by atoms with Crippen LogP contribution in [0.2, 0.25) is 4.34 Å². The molecule has 1 aliphatic rings. The molecule has 3 rings (SSSR count). The van der Waals surface area contributed by atoms with E-state index in [0.29, 0.717) is 16.8 Å². The number of aromatic nitrogens is 3. The van der Waals surface area contributed by atoms with Crippen LogP contribution in [0.1, 0.15) is 23.2 Å². The molecular formula is C14H19ClN6OS. The third-order valence-corrected chi connectivity index (χ3v) is 5.09. The summed E-state index contributed by atoms with van der Waals surface area (Å²) in [7, 11) is 1.72. The van der Waals surface area contributed by atoms with E-state index < -0.39 is 6.10 Å². The number of fused-ring (bicyclic) bond motifs is 1. The average Bonchev–Trinajstić information content (AvgIpc) is 3.19. The van der Waals surface area contributed by atoms with Gasteiger partial charge in [-0.25, -0.2) is 9.67 Å². The molecule has 9 heteroatoms. The van der Waals surface area contributed by atoms with Crippen LogP contribution in [0.4, 0.5) is 0 Å². The molecule has 0 amide bonds. The summed E-state index contributed by atoms with van der Waals surface area (Å²) in [6.07, 6.45) is 2.85. The molecule has 2 unspecified atom stereocenters. The third-order valence-electron chi connectivity index (χ3n) is 3.76. The standard InChI is InChI=1S/C14H19ClN6OS/c1-16-14(17-6-10(22)11-3-4-12(15)23-11)20-9-2-5-13-18-8-19-21(13)7-9/h3-4,8-10,22H,2,5-7H2,1H3,(H2,16,17,20). The van der Waals surface area contributed by atoms with Crippen molar-refractivity contribution in [1.29, 1.82) is 0 Å². The molecule has 0 aliphatic carbocycles. The lowest BCUT2D eigenvalue weighted by Gasteiger charge is -2.25. The zero-order valence-electron chi connectivity index (χ0n) is 12.7. The van der Waals surface area contributed by atoms with E-state index in [4.69, 9.17) is 11.6 Å². The highest BCUT2D eigenvalue weighted by Crippen LogP contribution is 2.26. The van der Waals surface area contributed by atoms with Crippen LogP contribution in [0.15, 0.2) is 23.5 Å². The Kier molecular flexibility index (Phi) is 5.14. The quantitative estimate of drug-likeness (QED) is 0.567. The molecule has 0 radical (unpaired) electrons. The fraction of sp³-hybridized carbons (Fsp3) is 0.500. The summed E-state index contributed by atoms with van der Waals surface area (Å²) in [6, 6.07) is 3.86. The van der Waals surface area contributed by atoms with Gasteiger partial charge < -0.3 is 15.7 Å². The van der Waals surface area contributed by atoms with E-state index in [1.807, 2.05) is 10.7 Å². The maximum atomic E-state index is 10.2. The van der Waals surface area contributed by atoms with Crippen molar-refractivity contribution >= 4 is 28.9 Å². The number of nitrogens with one attached hydrogen (secondary N) is 2. The number of rotatable bonds is 4. The number of guanidine groups is 1. The van der Waals surface area contributed by atoms with Gasteiger partial charge in [0.15, 0.2) is 5.96 Å². The molecule has 0 bridgehead atoms. The Morgan fingerprint density at radius 3 is 3.22 bits per heavy atom. The van der Waals surface area contributed by atoms with Crippen LogP contribution >= 0.6 is 22.9 Å². The maximum absolute atomic E-state index is 10.2. The van der Waals surface area contributed by atoms with E-state index in [0.717, 1.165) is 30.1 Å². The Morgan fingerprint density at radius 2 is 2.48 bits per heavy atom. The van der Waals surface area contributed by atoms with Gasteiger partial charge in [0.25, 0.3) is 0 Å². The van der Waals surface area contributed by atoms with Crippen LogP contribution in [-0.2, 0) is 13.0 Å². The van der Waals surface area contributed by atoms with E-state index in [1.165, 1.54) is 11.3 Å². The van der Waals surface area contributed by atoms with Gasteiger partial charge in [-0.15, -0.1) is 11.3 Å². The molecule has 124 valence electrons. The van der Waals surface area contributed by atoms with E-state index in [2.05, 4.69) is 25.7 Å². The average molecular weight is 355 g/mol. The number of nitrogens with zero attached hydrogens (tertiary/aromatic N) is 4. The first-order valence-electron chi connectivity index (χ1n) is 7.43. The normalized spacial score (nSPS) is 19.3. The number of aliphatic imine (C=N–C) groups is 1. The van der Waals surface area contributed by atoms with Gasteiger partial charge in [-0.3, -0.25) is 4.99 Å². The van der Waals surface area contributed by atoms with Gasteiger partial charge in [0, 0.05) is 30.9 Å². The largest absolute Gasteiger partial charge is 0.386 e. The zero-order valence-corrected chi connectivity index (χ0v) is 14.3. The minimum Gasteiger partial charge on any atom is -0.386 e. The van der Waals surface area contributed by atoms with Gasteiger partial charge in [-0.2, -0.15) is 5.10 Å². The van der Waals surface area contributed by atoms with E-state index in [9.17, 15) is 5.11 Å². The Bertz CT molecular complexity index is 684. The van der Waals surface area contributed by atoms with Gasteiger partial charge in [0.2, 0.25) is 0 Å². The number of aliphatic hydroxyl groups is 1. The molecular weight excluding hydrogens is 336 g/mol. The second kappa shape index (κ2) is 7.29. The predicted molar refractivity (Wildman–Crippen MR) is 90.9 cm³/mol. The number of hydrogen-bond acceptors (Lipinski definition) is 5. The fourth-order valence-electron chi connectivity index (χ4n) is 2.54. The highest BCUT2D eigenvalue weighted by molar-refractivity contribution is 7.16. The molecule has 2 aromatic heterocycles. The summed E-state index contributed by atoms with van der Waals surface area (Å²) in [5.74, 6) is 1.69. The van der Waals surface area contributed by atoms with Crippen molar-refractivity contribution in [3.8, 4) is 0 Å². The van der Waals surface area contributed by atoms with Gasteiger partial charge in [-0.1, -0.05) is 11.6 Å². The monoisotopic (exact) mass is 354 g/mol. The van der Waals surface area contributed by atoms with Crippen LogP contribution in [0.25, 0.3) is 0 Å². The van der Waals surface area contributed by atoms with Crippen LogP contribution < -0.4 is 10.6 Å². The van der Waals surface area contributed by atoms with Crippen molar-refractivity contribution in [2.75, 3.05) is 13.6 Å². The molecule has 2 atom stereocenters. The smallest absolute Gasteiger partial charge is 0.191 e. The minimum absolute atomic E-state index is 0.240. The van der Waals surface area contributed by atoms with Crippen LogP contribution in [-0.4, -0.2) is 45.5 Å². The SMILES string of the molecule is CN=C(NCC(O)c1ccc(Cl)s1)NC1CCc2ncnn2C1. The fourth-order valence-corrected chi connectivity index (χ4v) is 3.59. The van der Waals surface area contributed by atoms with Gasteiger partial charge in [0.05, 0.1) is 10.9 Å². The molecule has 3 heterocycles. The van der Waals surface area contributed by atoms with E-state index in [-0.39, 0.29) is 6.04 Å². The molecule has 23 heavy (non-hydrogen) atoms. The summed E-state index contributed by atoms with van der Waals surface area (Å²) in [6.45, 7) is 1.14. The predicted octanol–water partition coefficient (Wildman–Crippen LogP) is 1.21. The van der Waals surface area contributed by atoms with Crippen molar-refractivity contribution in [1.82, 2.24) is 25.4 Å². The summed E-state index contributed by atoms with van der Waals surface area (Å²) in [5, 5.41) is 20.9. The highest BCUT2D eigenvalue weighted by atomic mass is 35.5. The first kappa shape index (κ1) is 16.2. The summed E-state index contributed by atoms with van der Waals surface area (Å²) in [5.41, 5.74) is 0. The molecule has 2 aromatic rings. The number of aryl methyl sites for hydroxylation is 1. The second-order valence-corrected chi connectivity index (χ2v) is 7.10. The van der Waals surface area contributed by atoms with Crippen molar-refractivity contribution in [3.05, 3.63) is 33.5 Å². The summed E-state index contributed by atoms with van der Waals surface area (Å²) >= 11 is 7.27. The molecule has 0 spiro atoms. The van der Waals surface area contributed by atoms with Gasteiger partial charge >= 0.3 is 0 Å². The van der Waals surface area contributed by atoms with Crippen molar-refractivity contribution in [2.45, 2.75) is 31.5 Å². The molecule has 0 saturated heterocycles. The number of aliphatic hydroxyl groups excluding tert-OH is 1. The molecule has 0 fully saturated rings. The Balaban J connectivity index is 1.51. The maximum Gasteiger partial charge on any atom is 0.191 e. The van der Waals surface area contributed by atoms with Gasteiger partial charge in [-0.05, 0) is 18.6 Å². The first-order valence-corrected chi connectivity index (χ1v) is 8.62. The molecule has 0 saturated carbocycles. The summed E-state index contributed by atoms with van der Waals surface area (Å²) in [4.78, 5) is 9.27. The number of halogens is 1. The lowest BCUT2D eigenvalue weighted by atomic mass is 10.1. The van der Waals surface area contributed by atoms with Crippen molar-refractivity contribution in [3.63, 3.8) is 0 Å². The van der Waals surface area contributed by atoms with E-state index >= 15 is 0 Å². The minimum atomic E-state index is -0.612. The Morgan fingerprint density at radius 1 is 1.61 bits per heavy atom. The lowest BCUT2D eigenvalue weighted by molar-refractivity contribution is 0.184. The Hall–Kier alpha value is -1.64. The van der Waals surface area contributed by atoms with E-state index in [1.54, 1.807) is 19.4 Å². The summed E-state index contributed by atoms with van der Waals surface area (Å²) < 4.78 is 2.59. The molecule has 3 N–H and O–H groups in total. The second-order valence-electron chi connectivity index (χ2n) is 5.35. The van der Waals surface area contributed by atoms with Crippen LogP contribution in [0.3, 0.4) is 0 Å². The van der Waals surface area contributed by atoms with Crippen LogP contribution in [0.5, 0.6) is 0 Å². The van der Waals surface area contributed by atoms with Crippen LogP contribution in [0, 0.1) is 0 Å².